The molecule has 0 spiro atoms. The summed E-state index contributed by atoms with van der Waals surface area (Å²) in [6, 6.07) is 5.55. The zero-order valence-corrected chi connectivity index (χ0v) is 10.7. The van der Waals surface area contributed by atoms with Crippen LogP contribution in [0.25, 0.3) is 11.1 Å². The normalized spacial score (nSPS) is 10.1. The van der Waals surface area contributed by atoms with Crippen molar-refractivity contribution >= 4 is 17.5 Å². The predicted octanol–water partition coefficient (Wildman–Crippen LogP) is 3.37. The maximum absolute atomic E-state index is 9.07. The second kappa shape index (κ2) is 4.63. The summed E-state index contributed by atoms with van der Waals surface area (Å²) in [6.07, 6.45) is 1.43. The predicted molar refractivity (Wildman–Crippen MR) is 69.6 cm³/mol. The van der Waals surface area contributed by atoms with Crippen molar-refractivity contribution in [2.24, 2.45) is 0 Å². The van der Waals surface area contributed by atoms with Crippen LogP contribution < -0.4 is 10.5 Å². The molecule has 4 nitrogen and oxygen atoms in total. The number of ether oxygens (including phenoxy) is 1. The van der Waals surface area contributed by atoms with Crippen LogP contribution in [-0.4, -0.2) is 7.11 Å². The van der Waals surface area contributed by atoms with Gasteiger partial charge in [-0.3, -0.25) is 0 Å². The highest BCUT2D eigenvalue weighted by atomic mass is 35.5. The fourth-order valence-corrected chi connectivity index (χ4v) is 1.88. The van der Waals surface area contributed by atoms with E-state index in [1.165, 1.54) is 6.26 Å². The van der Waals surface area contributed by atoms with Gasteiger partial charge < -0.3 is 14.9 Å². The van der Waals surface area contributed by atoms with Crippen LogP contribution in [0.4, 0.5) is 5.88 Å². The van der Waals surface area contributed by atoms with Crippen molar-refractivity contribution in [2.75, 3.05) is 12.8 Å². The highest BCUT2D eigenvalue weighted by Gasteiger charge is 2.17. The summed E-state index contributed by atoms with van der Waals surface area (Å²) in [5.74, 6) is 0.709. The van der Waals surface area contributed by atoms with Gasteiger partial charge in [-0.25, -0.2) is 0 Å². The Balaban J connectivity index is 2.71. The van der Waals surface area contributed by atoms with Crippen molar-refractivity contribution < 1.29 is 9.15 Å². The number of anilines is 1. The largest absolute Gasteiger partial charge is 0.496 e. The summed E-state index contributed by atoms with van der Waals surface area (Å²) in [5.41, 5.74) is 8.03. The number of nitrogens with zero attached hydrogens (tertiary/aromatic N) is 1. The number of nitrogens with two attached hydrogens (primary N) is 1. The van der Waals surface area contributed by atoms with Crippen molar-refractivity contribution in [3.05, 3.63) is 34.5 Å². The molecule has 2 N–H and O–H groups in total. The summed E-state index contributed by atoms with van der Waals surface area (Å²) >= 11 is 6.09. The van der Waals surface area contributed by atoms with Crippen LogP contribution in [0.1, 0.15) is 11.1 Å². The molecule has 0 saturated heterocycles. The standard InChI is InChI=1S/C13H11ClN2O2/c1-7-3-12(17-2)8(4-11(7)14)10-6-18-13(16)9(10)5-15/h3-4,6H,16H2,1-2H3. The van der Waals surface area contributed by atoms with Crippen LogP contribution in [0.3, 0.4) is 0 Å². The third kappa shape index (κ3) is 1.89. The van der Waals surface area contributed by atoms with Gasteiger partial charge in [0.05, 0.1) is 7.11 Å². The molecule has 0 fully saturated rings. The van der Waals surface area contributed by atoms with Crippen molar-refractivity contribution in [2.45, 2.75) is 6.92 Å². The minimum absolute atomic E-state index is 0.0891. The summed E-state index contributed by atoms with van der Waals surface area (Å²) in [4.78, 5) is 0. The van der Waals surface area contributed by atoms with E-state index in [1.54, 1.807) is 13.2 Å². The fourth-order valence-electron chi connectivity index (χ4n) is 1.72. The second-order valence-corrected chi connectivity index (χ2v) is 4.21. The van der Waals surface area contributed by atoms with Gasteiger partial charge in [-0.1, -0.05) is 11.6 Å². The molecule has 1 aromatic carbocycles. The zero-order chi connectivity index (χ0) is 13.3. The number of hydrogen-bond acceptors (Lipinski definition) is 4. The molecule has 1 aromatic heterocycles. The molecule has 0 aliphatic rings. The second-order valence-electron chi connectivity index (χ2n) is 3.80. The Labute approximate surface area is 110 Å². The smallest absolute Gasteiger partial charge is 0.208 e. The Morgan fingerprint density at radius 3 is 2.72 bits per heavy atom. The molecule has 92 valence electrons. The van der Waals surface area contributed by atoms with Gasteiger partial charge >= 0.3 is 0 Å². The van der Waals surface area contributed by atoms with E-state index < -0.39 is 0 Å². The third-order valence-electron chi connectivity index (χ3n) is 2.70. The molecule has 0 unspecified atom stereocenters. The molecule has 2 aromatic rings. The number of rotatable bonds is 2. The minimum atomic E-state index is 0.0891. The SMILES string of the molecule is COc1cc(C)c(Cl)cc1-c1coc(N)c1C#N. The first-order valence-corrected chi connectivity index (χ1v) is 5.57. The van der Waals surface area contributed by atoms with Crippen molar-refractivity contribution in [1.82, 2.24) is 0 Å². The lowest BCUT2D eigenvalue weighted by Gasteiger charge is -2.09. The molecule has 0 amide bonds. The highest BCUT2D eigenvalue weighted by Crippen LogP contribution is 2.38. The van der Waals surface area contributed by atoms with Gasteiger partial charge in [0.2, 0.25) is 5.88 Å². The minimum Gasteiger partial charge on any atom is -0.496 e. The third-order valence-corrected chi connectivity index (χ3v) is 3.11. The van der Waals surface area contributed by atoms with E-state index in [4.69, 9.17) is 31.8 Å². The lowest BCUT2D eigenvalue weighted by molar-refractivity contribution is 0.416. The topological polar surface area (TPSA) is 72.2 Å². The average Bonchev–Trinajstić information content (AvgIpc) is 2.73. The van der Waals surface area contributed by atoms with Gasteiger partial charge in [0, 0.05) is 16.1 Å². The van der Waals surface area contributed by atoms with E-state index in [2.05, 4.69) is 0 Å². The van der Waals surface area contributed by atoms with E-state index in [9.17, 15) is 0 Å². The van der Waals surface area contributed by atoms with Crippen molar-refractivity contribution in [3.63, 3.8) is 0 Å². The number of furan rings is 1. The van der Waals surface area contributed by atoms with E-state index >= 15 is 0 Å². The Kier molecular flexibility index (Phi) is 3.17. The average molecular weight is 263 g/mol. The summed E-state index contributed by atoms with van der Waals surface area (Å²) < 4.78 is 10.4. The maximum atomic E-state index is 9.07. The summed E-state index contributed by atoms with van der Waals surface area (Å²) in [6.45, 7) is 1.88. The molecule has 0 radical (unpaired) electrons. The number of halogens is 1. The van der Waals surface area contributed by atoms with Gasteiger partial charge in [-0.05, 0) is 24.6 Å². The molecule has 18 heavy (non-hydrogen) atoms. The Morgan fingerprint density at radius 2 is 2.11 bits per heavy atom. The maximum Gasteiger partial charge on any atom is 0.208 e. The molecule has 2 rings (SSSR count). The molecule has 0 saturated carbocycles. The molecular weight excluding hydrogens is 252 g/mol. The van der Waals surface area contributed by atoms with Crippen LogP contribution in [0, 0.1) is 18.3 Å². The number of nitriles is 1. The van der Waals surface area contributed by atoms with Crippen LogP contribution in [-0.2, 0) is 0 Å². The van der Waals surface area contributed by atoms with Crippen molar-refractivity contribution in [3.8, 4) is 22.9 Å². The quantitative estimate of drug-likeness (QED) is 0.901. The first kappa shape index (κ1) is 12.3. The van der Waals surface area contributed by atoms with Gasteiger partial charge in [0.15, 0.2) is 0 Å². The van der Waals surface area contributed by atoms with Gasteiger partial charge in [-0.15, -0.1) is 0 Å². The molecule has 0 bridgehead atoms. The molecule has 1 heterocycles. The van der Waals surface area contributed by atoms with Crippen LogP contribution >= 0.6 is 11.6 Å². The summed E-state index contributed by atoms with van der Waals surface area (Å²) in [7, 11) is 1.56. The number of aryl methyl sites for hydroxylation is 1. The number of benzene rings is 1. The summed E-state index contributed by atoms with van der Waals surface area (Å²) in [5, 5.41) is 9.67. The molecule has 0 aliphatic heterocycles. The fraction of sp³-hybridized carbons (Fsp3) is 0.154. The Bertz CT molecular complexity index is 641. The van der Waals surface area contributed by atoms with Gasteiger partial charge in [0.25, 0.3) is 0 Å². The first-order valence-electron chi connectivity index (χ1n) is 5.20. The van der Waals surface area contributed by atoms with E-state index in [-0.39, 0.29) is 11.4 Å². The van der Waals surface area contributed by atoms with Crippen LogP contribution in [0.5, 0.6) is 5.75 Å². The molecule has 0 aliphatic carbocycles. The number of methoxy groups -OCH3 is 1. The number of nitrogen functional groups attached to an aromatic ring is 1. The first-order chi connectivity index (χ1) is 8.58. The molecular formula is C13H11ClN2O2. The Hall–Kier alpha value is -2.12. The Morgan fingerprint density at radius 1 is 1.39 bits per heavy atom. The lowest BCUT2D eigenvalue weighted by atomic mass is 10.0. The highest BCUT2D eigenvalue weighted by molar-refractivity contribution is 6.31. The monoisotopic (exact) mass is 262 g/mol. The number of hydrogen-bond donors (Lipinski definition) is 1. The van der Waals surface area contributed by atoms with Crippen molar-refractivity contribution in [1.29, 1.82) is 5.26 Å². The van der Waals surface area contributed by atoms with Crippen LogP contribution in [0.2, 0.25) is 5.02 Å². The lowest BCUT2D eigenvalue weighted by Crippen LogP contribution is -1.91. The van der Waals surface area contributed by atoms with E-state index in [0.29, 0.717) is 21.9 Å². The van der Waals surface area contributed by atoms with Gasteiger partial charge in [0.1, 0.15) is 23.6 Å². The zero-order valence-electron chi connectivity index (χ0n) is 9.95. The van der Waals surface area contributed by atoms with Gasteiger partial charge in [-0.2, -0.15) is 5.26 Å². The molecule has 5 heteroatoms. The molecule has 0 atom stereocenters. The van der Waals surface area contributed by atoms with E-state index in [0.717, 1.165) is 5.56 Å². The van der Waals surface area contributed by atoms with E-state index in [1.807, 2.05) is 19.1 Å². The van der Waals surface area contributed by atoms with Crippen LogP contribution in [0.15, 0.2) is 22.8 Å².